The van der Waals surface area contributed by atoms with Gasteiger partial charge in [-0.05, 0) is 12.1 Å². The number of para-hydroxylation sites is 1. The number of nitrogens with two attached hydrogens (primary N) is 2. The van der Waals surface area contributed by atoms with Crippen molar-refractivity contribution in [3.8, 4) is 5.75 Å². The molecule has 0 spiro atoms. The van der Waals surface area contributed by atoms with Crippen LogP contribution in [-0.4, -0.2) is 9.79 Å². The van der Waals surface area contributed by atoms with Crippen molar-refractivity contribution in [3.05, 3.63) is 18.2 Å². The summed E-state index contributed by atoms with van der Waals surface area (Å²) in [4.78, 5) is 17.0. The molecular weight excluding hydrogens is 195 g/mol. The molecule has 0 aliphatic rings. The van der Waals surface area contributed by atoms with Crippen LogP contribution in [0.4, 0.5) is 11.4 Å². The smallest absolute Gasteiger partial charge is 0.400 e. The maximum Gasteiger partial charge on any atom is 0.524 e. The van der Waals surface area contributed by atoms with Crippen LogP contribution in [0.1, 0.15) is 0 Å². The fourth-order valence-electron chi connectivity index (χ4n) is 0.798. The molecule has 0 bridgehead atoms. The number of benzene rings is 1. The highest BCUT2D eigenvalue weighted by Gasteiger charge is 2.19. The Hall–Kier alpha value is -1.23. The molecule has 0 atom stereocenters. The van der Waals surface area contributed by atoms with Crippen LogP contribution in [0, 0.1) is 0 Å². The Bertz CT molecular complexity index is 341. The Morgan fingerprint density at radius 3 is 2.08 bits per heavy atom. The number of hydrogen-bond donors (Lipinski definition) is 4. The largest absolute Gasteiger partial charge is 0.524 e. The Balaban J connectivity index is 3.07. The summed E-state index contributed by atoms with van der Waals surface area (Å²) in [6, 6.07) is 4.42. The van der Waals surface area contributed by atoms with Crippen LogP contribution in [0.25, 0.3) is 0 Å². The van der Waals surface area contributed by atoms with Crippen LogP contribution >= 0.6 is 7.82 Å². The fraction of sp³-hybridized carbons (Fsp3) is 0. The lowest BCUT2D eigenvalue weighted by Gasteiger charge is -2.10. The fourth-order valence-corrected chi connectivity index (χ4v) is 1.25. The van der Waals surface area contributed by atoms with Gasteiger partial charge in [0.2, 0.25) is 0 Å². The molecule has 13 heavy (non-hydrogen) atoms. The predicted octanol–water partition coefficient (Wildman–Crippen LogP) is 0.322. The second kappa shape index (κ2) is 3.26. The summed E-state index contributed by atoms with van der Waals surface area (Å²) in [6.45, 7) is 0. The third kappa shape index (κ3) is 2.62. The Kier molecular flexibility index (Phi) is 2.47. The topological polar surface area (TPSA) is 119 Å². The molecule has 0 aromatic heterocycles. The summed E-state index contributed by atoms with van der Waals surface area (Å²) in [5, 5.41) is 0. The molecule has 6 nitrogen and oxygen atoms in total. The summed E-state index contributed by atoms with van der Waals surface area (Å²) >= 11 is 0. The lowest BCUT2D eigenvalue weighted by molar-refractivity contribution is 0.284. The zero-order chi connectivity index (χ0) is 10.1. The van der Waals surface area contributed by atoms with Crippen molar-refractivity contribution in [1.29, 1.82) is 0 Å². The van der Waals surface area contributed by atoms with Gasteiger partial charge in [0.25, 0.3) is 0 Å². The van der Waals surface area contributed by atoms with Crippen LogP contribution < -0.4 is 16.0 Å². The number of phosphoric ester groups is 1. The molecule has 0 aliphatic carbocycles. The van der Waals surface area contributed by atoms with Crippen molar-refractivity contribution in [1.82, 2.24) is 0 Å². The third-order valence-corrected chi connectivity index (χ3v) is 1.71. The van der Waals surface area contributed by atoms with E-state index >= 15 is 0 Å². The summed E-state index contributed by atoms with van der Waals surface area (Å²) in [7, 11) is -4.60. The zero-order valence-electron chi connectivity index (χ0n) is 6.54. The number of phosphoric acid groups is 1. The van der Waals surface area contributed by atoms with Crippen molar-refractivity contribution in [2.45, 2.75) is 0 Å². The van der Waals surface area contributed by atoms with Crippen molar-refractivity contribution >= 4 is 19.2 Å². The zero-order valence-corrected chi connectivity index (χ0v) is 7.44. The predicted molar refractivity (Wildman–Crippen MR) is 47.9 cm³/mol. The lowest BCUT2D eigenvalue weighted by Crippen LogP contribution is -1.99. The van der Waals surface area contributed by atoms with E-state index in [1.807, 2.05) is 0 Å². The maximum absolute atomic E-state index is 10.5. The van der Waals surface area contributed by atoms with E-state index in [1.165, 1.54) is 12.1 Å². The number of hydrogen-bond acceptors (Lipinski definition) is 4. The van der Waals surface area contributed by atoms with Crippen molar-refractivity contribution in [2.75, 3.05) is 11.5 Å². The molecule has 0 unspecified atom stereocenters. The molecule has 6 N–H and O–H groups in total. The molecule has 0 saturated heterocycles. The molecule has 0 heterocycles. The Labute approximate surface area is 74.4 Å². The van der Waals surface area contributed by atoms with Crippen LogP contribution in [-0.2, 0) is 4.57 Å². The van der Waals surface area contributed by atoms with Crippen molar-refractivity contribution < 1.29 is 18.9 Å². The average Bonchev–Trinajstić information content (AvgIpc) is 1.95. The summed E-state index contributed by atoms with van der Waals surface area (Å²) < 4.78 is 14.7. The van der Waals surface area contributed by atoms with E-state index in [-0.39, 0.29) is 17.1 Å². The molecule has 1 rings (SSSR count). The standard InChI is InChI=1S/C6H9N2O4P/c7-4-2-1-3-5(8)6(4)12-13(9,10)11/h1-3H,7-8H2,(H2,9,10,11). The van der Waals surface area contributed by atoms with E-state index in [9.17, 15) is 4.57 Å². The highest BCUT2D eigenvalue weighted by Crippen LogP contribution is 2.42. The van der Waals surface area contributed by atoms with Crippen LogP contribution in [0.2, 0.25) is 0 Å². The highest BCUT2D eigenvalue weighted by atomic mass is 31.2. The molecular formula is C6H9N2O4P. The minimum atomic E-state index is -4.60. The van der Waals surface area contributed by atoms with Gasteiger partial charge in [-0.25, -0.2) is 4.57 Å². The minimum Gasteiger partial charge on any atom is -0.400 e. The molecule has 0 saturated carbocycles. The molecule has 0 amide bonds. The van der Waals surface area contributed by atoms with Crippen LogP contribution in [0.3, 0.4) is 0 Å². The number of anilines is 2. The van der Waals surface area contributed by atoms with Crippen molar-refractivity contribution in [2.24, 2.45) is 0 Å². The van der Waals surface area contributed by atoms with E-state index in [1.54, 1.807) is 6.07 Å². The van der Waals surface area contributed by atoms with Gasteiger partial charge in [-0.2, -0.15) is 0 Å². The summed E-state index contributed by atoms with van der Waals surface area (Å²) in [5.74, 6) is -0.184. The number of rotatable bonds is 2. The second-order valence-corrected chi connectivity index (χ2v) is 3.51. The number of nitrogen functional groups attached to an aromatic ring is 2. The van der Waals surface area contributed by atoms with E-state index in [0.717, 1.165) is 0 Å². The molecule has 72 valence electrons. The van der Waals surface area contributed by atoms with E-state index in [4.69, 9.17) is 21.3 Å². The first-order valence-electron chi connectivity index (χ1n) is 3.29. The van der Waals surface area contributed by atoms with Gasteiger partial charge >= 0.3 is 7.82 Å². The summed E-state index contributed by atoms with van der Waals surface area (Å²) in [5.41, 5.74) is 10.9. The van der Waals surface area contributed by atoms with Gasteiger partial charge in [-0.1, -0.05) is 6.07 Å². The lowest BCUT2D eigenvalue weighted by atomic mass is 10.2. The average molecular weight is 204 g/mol. The van der Waals surface area contributed by atoms with Crippen LogP contribution in [0.15, 0.2) is 18.2 Å². The molecule has 0 aliphatic heterocycles. The maximum atomic E-state index is 10.5. The highest BCUT2D eigenvalue weighted by molar-refractivity contribution is 7.46. The first-order chi connectivity index (χ1) is 5.90. The van der Waals surface area contributed by atoms with Crippen LogP contribution in [0.5, 0.6) is 5.75 Å². The van der Waals surface area contributed by atoms with E-state index < -0.39 is 7.82 Å². The molecule has 0 fully saturated rings. The van der Waals surface area contributed by atoms with E-state index in [0.29, 0.717) is 0 Å². The van der Waals surface area contributed by atoms with Gasteiger partial charge in [0, 0.05) is 0 Å². The third-order valence-electron chi connectivity index (χ3n) is 1.29. The molecule has 1 aromatic rings. The second-order valence-electron chi connectivity index (χ2n) is 2.35. The van der Waals surface area contributed by atoms with Crippen molar-refractivity contribution in [3.63, 3.8) is 0 Å². The molecule has 7 heteroatoms. The van der Waals surface area contributed by atoms with Gasteiger partial charge in [0.05, 0.1) is 11.4 Å². The Morgan fingerprint density at radius 1 is 1.23 bits per heavy atom. The normalized spacial score (nSPS) is 11.2. The van der Waals surface area contributed by atoms with Gasteiger partial charge < -0.3 is 16.0 Å². The minimum absolute atomic E-state index is 0.0864. The monoisotopic (exact) mass is 204 g/mol. The van der Waals surface area contributed by atoms with Gasteiger partial charge in [0.15, 0.2) is 5.75 Å². The summed E-state index contributed by atoms with van der Waals surface area (Å²) in [6.07, 6.45) is 0. The SMILES string of the molecule is Nc1cccc(N)c1OP(=O)(O)O. The molecule has 0 radical (unpaired) electrons. The van der Waals surface area contributed by atoms with Gasteiger partial charge in [-0.3, -0.25) is 9.79 Å². The molecule has 1 aromatic carbocycles. The quantitative estimate of drug-likeness (QED) is 0.407. The first kappa shape index (κ1) is 9.85. The Morgan fingerprint density at radius 2 is 1.69 bits per heavy atom. The van der Waals surface area contributed by atoms with Gasteiger partial charge in [0.1, 0.15) is 0 Å². The van der Waals surface area contributed by atoms with E-state index in [2.05, 4.69) is 4.52 Å². The van der Waals surface area contributed by atoms with Gasteiger partial charge in [-0.15, -0.1) is 0 Å². The first-order valence-corrected chi connectivity index (χ1v) is 4.82.